The first-order valence-electron chi connectivity index (χ1n) is 5.15. The van der Waals surface area contributed by atoms with Crippen LogP contribution < -0.4 is 0 Å². The van der Waals surface area contributed by atoms with Crippen LogP contribution in [0.3, 0.4) is 0 Å². The van der Waals surface area contributed by atoms with Gasteiger partial charge < -0.3 is 0 Å². The summed E-state index contributed by atoms with van der Waals surface area (Å²) in [5, 5.41) is 0. The van der Waals surface area contributed by atoms with Crippen LogP contribution in [0.25, 0.3) is 16.9 Å². The Kier molecular flexibility index (Phi) is 2.58. The predicted octanol–water partition coefficient (Wildman–Crippen LogP) is 3.75. The Hall–Kier alpha value is -1.43. The second kappa shape index (κ2) is 4.10. The SMILES string of the molecule is Fc1cccn2c(-c3ccccc3)c(I)nc12. The molecule has 84 valence electrons. The molecular formula is C13H8FIN2. The molecule has 0 aliphatic rings. The van der Waals surface area contributed by atoms with Crippen LogP contribution in [0, 0.1) is 9.52 Å². The number of fused-ring (bicyclic) bond motifs is 1. The van der Waals surface area contributed by atoms with Gasteiger partial charge >= 0.3 is 0 Å². The van der Waals surface area contributed by atoms with Crippen molar-refractivity contribution in [1.29, 1.82) is 0 Å². The van der Waals surface area contributed by atoms with Gasteiger partial charge in [0.05, 0.1) is 5.69 Å². The van der Waals surface area contributed by atoms with Crippen molar-refractivity contribution in [3.8, 4) is 11.3 Å². The first kappa shape index (κ1) is 10.7. The van der Waals surface area contributed by atoms with Crippen molar-refractivity contribution in [2.75, 3.05) is 0 Å². The average Bonchev–Trinajstić information content (AvgIpc) is 2.68. The molecule has 0 saturated heterocycles. The molecule has 2 nitrogen and oxygen atoms in total. The summed E-state index contributed by atoms with van der Waals surface area (Å²) in [4.78, 5) is 4.26. The van der Waals surface area contributed by atoms with E-state index in [1.165, 1.54) is 6.07 Å². The second-order valence-electron chi connectivity index (χ2n) is 3.67. The Labute approximate surface area is 111 Å². The van der Waals surface area contributed by atoms with Crippen LogP contribution in [-0.4, -0.2) is 9.38 Å². The van der Waals surface area contributed by atoms with Crippen molar-refractivity contribution in [3.63, 3.8) is 0 Å². The topological polar surface area (TPSA) is 17.3 Å². The second-order valence-corrected chi connectivity index (χ2v) is 4.69. The predicted molar refractivity (Wildman–Crippen MR) is 73.3 cm³/mol. The van der Waals surface area contributed by atoms with Crippen molar-refractivity contribution in [2.45, 2.75) is 0 Å². The third-order valence-corrected chi connectivity index (χ3v) is 3.36. The minimum absolute atomic E-state index is 0.299. The average molecular weight is 338 g/mol. The van der Waals surface area contributed by atoms with Crippen LogP contribution in [0.2, 0.25) is 0 Å². The largest absolute Gasteiger partial charge is 0.296 e. The molecular weight excluding hydrogens is 330 g/mol. The van der Waals surface area contributed by atoms with Gasteiger partial charge in [-0.2, -0.15) is 0 Å². The van der Waals surface area contributed by atoms with Crippen LogP contribution >= 0.6 is 22.6 Å². The van der Waals surface area contributed by atoms with E-state index >= 15 is 0 Å². The minimum Gasteiger partial charge on any atom is -0.296 e. The smallest absolute Gasteiger partial charge is 0.174 e. The maximum absolute atomic E-state index is 13.6. The molecule has 0 spiro atoms. The van der Waals surface area contributed by atoms with E-state index in [0.29, 0.717) is 5.65 Å². The van der Waals surface area contributed by atoms with Gasteiger partial charge in [-0.05, 0) is 34.7 Å². The molecule has 0 atom stereocenters. The van der Waals surface area contributed by atoms with Crippen molar-refractivity contribution >= 4 is 28.2 Å². The highest BCUT2D eigenvalue weighted by Gasteiger charge is 2.13. The van der Waals surface area contributed by atoms with Gasteiger partial charge in [0.1, 0.15) is 3.70 Å². The number of halogens is 2. The van der Waals surface area contributed by atoms with E-state index < -0.39 is 0 Å². The third kappa shape index (κ3) is 1.72. The Morgan fingerprint density at radius 2 is 1.82 bits per heavy atom. The number of pyridine rings is 1. The highest BCUT2D eigenvalue weighted by molar-refractivity contribution is 14.1. The fourth-order valence-corrected chi connectivity index (χ4v) is 2.66. The zero-order valence-electron chi connectivity index (χ0n) is 8.77. The molecule has 0 saturated carbocycles. The van der Waals surface area contributed by atoms with E-state index in [1.807, 2.05) is 36.5 Å². The summed E-state index contributed by atoms with van der Waals surface area (Å²) in [6, 6.07) is 13.0. The lowest BCUT2D eigenvalue weighted by molar-refractivity contribution is 0.630. The summed E-state index contributed by atoms with van der Waals surface area (Å²) >= 11 is 2.14. The Morgan fingerprint density at radius 3 is 2.59 bits per heavy atom. The monoisotopic (exact) mass is 338 g/mol. The molecule has 0 radical (unpaired) electrons. The van der Waals surface area contributed by atoms with Crippen LogP contribution in [0.5, 0.6) is 0 Å². The number of benzene rings is 1. The molecule has 0 aliphatic carbocycles. The van der Waals surface area contributed by atoms with Gasteiger partial charge in [-0.3, -0.25) is 4.40 Å². The molecule has 0 aliphatic heterocycles. The van der Waals surface area contributed by atoms with Crippen LogP contribution in [0.15, 0.2) is 48.7 Å². The zero-order chi connectivity index (χ0) is 11.8. The number of hydrogen-bond acceptors (Lipinski definition) is 1. The normalized spacial score (nSPS) is 10.9. The standard InChI is InChI=1S/C13H8FIN2/c14-10-7-4-8-17-11(12(15)16-13(10)17)9-5-2-1-3-6-9/h1-8H. The summed E-state index contributed by atoms with van der Waals surface area (Å²) in [5.74, 6) is -0.299. The molecule has 17 heavy (non-hydrogen) atoms. The van der Waals surface area contributed by atoms with E-state index in [4.69, 9.17) is 0 Å². The molecule has 3 aromatic rings. The highest BCUT2D eigenvalue weighted by atomic mass is 127. The quantitative estimate of drug-likeness (QED) is 0.618. The molecule has 2 aromatic heterocycles. The van der Waals surface area contributed by atoms with E-state index in [-0.39, 0.29) is 5.82 Å². The molecule has 0 fully saturated rings. The highest BCUT2D eigenvalue weighted by Crippen LogP contribution is 2.26. The van der Waals surface area contributed by atoms with Crippen LogP contribution in [-0.2, 0) is 0 Å². The summed E-state index contributed by atoms with van der Waals surface area (Å²) in [5.41, 5.74) is 2.34. The van der Waals surface area contributed by atoms with Crippen molar-refractivity contribution in [3.05, 3.63) is 58.2 Å². The van der Waals surface area contributed by atoms with Crippen molar-refractivity contribution < 1.29 is 4.39 Å². The van der Waals surface area contributed by atoms with Gasteiger partial charge in [-0.1, -0.05) is 30.3 Å². The van der Waals surface area contributed by atoms with E-state index in [0.717, 1.165) is 15.0 Å². The molecule has 0 N–H and O–H groups in total. The summed E-state index contributed by atoms with van der Waals surface area (Å²) in [6.07, 6.45) is 1.83. The Morgan fingerprint density at radius 1 is 1.06 bits per heavy atom. The van der Waals surface area contributed by atoms with E-state index in [1.54, 1.807) is 10.5 Å². The lowest BCUT2D eigenvalue weighted by atomic mass is 10.2. The number of nitrogens with zero attached hydrogens (tertiary/aromatic N) is 2. The lowest BCUT2D eigenvalue weighted by Crippen LogP contribution is -1.90. The molecule has 1 aromatic carbocycles. The Bertz CT molecular complexity index is 676. The Balaban J connectivity index is 2.37. The van der Waals surface area contributed by atoms with E-state index in [2.05, 4.69) is 27.6 Å². The minimum atomic E-state index is -0.299. The molecule has 2 heterocycles. The third-order valence-electron chi connectivity index (χ3n) is 2.61. The van der Waals surface area contributed by atoms with Gasteiger partial charge in [0, 0.05) is 11.8 Å². The molecule has 3 rings (SSSR count). The number of aromatic nitrogens is 2. The molecule has 0 amide bonds. The fourth-order valence-electron chi connectivity index (χ4n) is 1.86. The van der Waals surface area contributed by atoms with Gasteiger partial charge in [-0.15, -0.1) is 0 Å². The van der Waals surface area contributed by atoms with Crippen molar-refractivity contribution in [2.24, 2.45) is 0 Å². The van der Waals surface area contributed by atoms with E-state index in [9.17, 15) is 4.39 Å². The first-order valence-corrected chi connectivity index (χ1v) is 6.23. The maximum Gasteiger partial charge on any atom is 0.174 e. The zero-order valence-corrected chi connectivity index (χ0v) is 10.9. The molecule has 0 unspecified atom stereocenters. The first-order chi connectivity index (χ1) is 8.27. The number of imidazole rings is 1. The molecule has 0 bridgehead atoms. The van der Waals surface area contributed by atoms with Crippen molar-refractivity contribution in [1.82, 2.24) is 9.38 Å². The summed E-state index contributed by atoms with van der Waals surface area (Å²) < 4.78 is 16.2. The molecule has 4 heteroatoms. The maximum atomic E-state index is 13.6. The van der Waals surface area contributed by atoms with Gasteiger partial charge in [0.2, 0.25) is 0 Å². The van der Waals surface area contributed by atoms with Crippen LogP contribution in [0.1, 0.15) is 0 Å². The van der Waals surface area contributed by atoms with Gasteiger partial charge in [0.25, 0.3) is 0 Å². The fraction of sp³-hybridized carbons (Fsp3) is 0. The van der Waals surface area contributed by atoms with Crippen LogP contribution in [0.4, 0.5) is 4.39 Å². The number of hydrogen-bond donors (Lipinski definition) is 0. The lowest BCUT2D eigenvalue weighted by Gasteiger charge is -2.02. The summed E-state index contributed by atoms with van der Waals surface area (Å²) in [6.45, 7) is 0. The van der Waals surface area contributed by atoms with Gasteiger partial charge in [0.15, 0.2) is 11.5 Å². The number of rotatable bonds is 1. The summed E-state index contributed by atoms with van der Waals surface area (Å²) in [7, 11) is 0. The van der Waals surface area contributed by atoms with Gasteiger partial charge in [-0.25, -0.2) is 9.37 Å².